The molecular formula is C62H89N3O13S2+2. The number of aliphatic carboxylic acids is 1. The number of aryl methyl sites for hydroxylation is 2. The van der Waals surface area contributed by atoms with E-state index in [1.54, 1.807) is 0 Å². The second-order valence-corrected chi connectivity index (χ2v) is 26.7. The number of hydrogen-bond donors (Lipinski definition) is 3. The van der Waals surface area contributed by atoms with Gasteiger partial charge in [-0.15, -0.1) is 0 Å². The van der Waals surface area contributed by atoms with Crippen molar-refractivity contribution in [2.45, 2.75) is 194 Å². The van der Waals surface area contributed by atoms with Crippen LogP contribution >= 0.6 is 0 Å². The Morgan fingerprint density at radius 2 is 1.40 bits per heavy atom. The molecule has 0 aliphatic carbocycles. The second kappa shape index (κ2) is 26.1. The van der Waals surface area contributed by atoms with E-state index >= 15 is 0 Å². The zero-order valence-corrected chi connectivity index (χ0v) is 50.7. The van der Waals surface area contributed by atoms with Crippen LogP contribution in [0.15, 0.2) is 54.1 Å². The predicted molar refractivity (Wildman–Crippen MR) is 314 cm³/mol. The Hall–Kier alpha value is -4.98. The third-order valence-corrected chi connectivity index (χ3v) is 18.8. The van der Waals surface area contributed by atoms with Crippen LogP contribution in [0.4, 0.5) is 17.1 Å². The molecule has 0 fully saturated rings. The number of carbonyl (C=O) groups is 2. The number of ether oxygens (including phenoxy) is 4. The van der Waals surface area contributed by atoms with Gasteiger partial charge in [-0.25, -0.2) is 0 Å². The Bertz CT molecular complexity index is 3090. The van der Waals surface area contributed by atoms with Crippen LogP contribution in [-0.2, 0) is 54.9 Å². The van der Waals surface area contributed by atoms with Crippen LogP contribution in [0.2, 0.25) is 0 Å². The summed E-state index contributed by atoms with van der Waals surface area (Å²) in [5.41, 5.74) is 12.7. The molecule has 0 radical (unpaired) electrons. The fourth-order valence-corrected chi connectivity index (χ4v) is 14.6. The van der Waals surface area contributed by atoms with Gasteiger partial charge in [-0.2, -0.15) is 26.0 Å². The summed E-state index contributed by atoms with van der Waals surface area (Å²) in [5.74, 6) is -1.55. The number of rotatable bonds is 26. The molecule has 80 heavy (non-hydrogen) atoms. The summed E-state index contributed by atoms with van der Waals surface area (Å²) in [5, 5.41) is 9.14. The summed E-state index contributed by atoms with van der Waals surface area (Å²) in [7, 11) is -8.47. The lowest BCUT2D eigenvalue weighted by Gasteiger charge is -2.48. The van der Waals surface area contributed by atoms with Gasteiger partial charge in [0, 0.05) is 98.0 Å². The van der Waals surface area contributed by atoms with Crippen molar-refractivity contribution in [3.05, 3.63) is 87.5 Å². The fraction of sp³-hybridized carbons (Fsp3) is 0.613. The van der Waals surface area contributed by atoms with E-state index in [4.69, 9.17) is 24.1 Å². The highest BCUT2D eigenvalue weighted by molar-refractivity contribution is 7.86. The lowest BCUT2D eigenvalue weighted by Crippen LogP contribution is -2.50. The number of anilines is 1. The summed E-state index contributed by atoms with van der Waals surface area (Å²) in [6.45, 7) is 24.7. The molecule has 0 aromatic heterocycles. The van der Waals surface area contributed by atoms with Crippen LogP contribution in [0, 0.1) is 13.8 Å². The van der Waals surface area contributed by atoms with Crippen molar-refractivity contribution in [2.75, 3.05) is 55.9 Å². The van der Waals surface area contributed by atoms with E-state index in [-0.39, 0.29) is 42.0 Å². The number of unbranched alkanes of at least 4 members (excludes halogenated alkanes) is 4. The van der Waals surface area contributed by atoms with Gasteiger partial charge in [0.15, 0.2) is 30.8 Å². The number of hydrogen-bond acceptors (Lipinski definition) is 11. The molecule has 3 N–H and O–H groups in total. The molecule has 0 saturated heterocycles. The van der Waals surface area contributed by atoms with Crippen LogP contribution in [0.5, 0.6) is 5.75 Å². The van der Waals surface area contributed by atoms with Gasteiger partial charge in [0.2, 0.25) is 11.4 Å². The minimum Gasteiger partial charge on any atom is -0.485 e. The molecular weight excluding hydrogens is 1060 g/mol. The first-order valence-corrected chi connectivity index (χ1v) is 32.3. The Balaban J connectivity index is 0.000000257. The number of esters is 1. The number of nitrogens with zero attached hydrogens (tertiary/aromatic N) is 3. The predicted octanol–water partition coefficient (Wildman–Crippen LogP) is 11.5. The van der Waals surface area contributed by atoms with Crippen molar-refractivity contribution in [1.29, 1.82) is 0 Å². The Kier molecular flexibility index (Phi) is 20.4. The van der Waals surface area contributed by atoms with Crippen LogP contribution in [0.1, 0.15) is 185 Å². The molecule has 3 aromatic rings. The molecule has 440 valence electrons. The SMILES string of the molecule is CCOC(=O)CCCCCC1(C)C(C)=[N+](CCC(OCC)OCC)c2ccc(C)cc21.Cc1ccc2c(c1)C(C)(CCCCCC(=O)O)C1=[N+]2CCC2Oc3cc4c(cc3C=C12)C(CS(=O)(=O)O)CC(C)(C)N4CCCS(=O)(=O)O. The lowest BCUT2D eigenvalue weighted by molar-refractivity contribution is -0.444. The summed E-state index contributed by atoms with van der Waals surface area (Å²) in [6, 6.07) is 17.3. The minimum absolute atomic E-state index is 0.0119. The number of benzene rings is 3. The molecule has 0 spiro atoms. The first kappa shape index (κ1) is 62.6. The molecule has 3 aromatic carbocycles. The van der Waals surface area contributed by atoms with Gasteiger partial charge in [-0.3, -0.25) is 18.7 Å². The van der Waals surface area contributed by atoms with Crippen LogP contribution in [0.3, 0.4) is 0 Å². The quantitative estimate of drug-likeness (QED) is 0.0225. The molecule has 0 bridgehead atoms. The van der Waals surface area contributed by atoms with E-state index in [0.29, 0.717) is 51.4 Å². The van der Waals surface area contributed by atoms with Crippen LogP contribution in [0.25, 0.3) is 6.08 Å². The van der Waals surface area contributed by atoms with Gasteiger partial charge in [-0.05, 0) is 131 Å². The zero-order chi connectivity index (χ0) is 58.4. The maximum atomic E-state index is 12.2. The molecule has 4 unspecified atom stereocenters. The third-order valence-electron chi connectivity index (χ3n) is 17.2. The summed E-state index contributed by atoms with van der Waals surface area (Å²) in [6.07, 6.45) is 11.9. The molecule has 8 rings (SSSR count). The highest BCUT2D eigenvalue weighted by Gasteiger charge is 2.55. The Morgan fingerprint density at radius 1 is 0.775 bits per heavy atom. The van der Waals surface area contributed by atoms with Gasteiger partial charge in [0.1, 0.15) is 11.9 Å². The molecule has 5 aliphatic heterocycles. The lowest BCUT2D eigenvalue weighted by atomic mass is 9.71. The highest BCUT2D eigenvalue weighted by atomic mass is 32.2. The maximum absolute atomic E-state index is 12.2. The molecule has 0 amide bonds. The average molecular weight is 1150 g/mol. The first-order chi connectivity index (χ1) is 37.7. The number of fused-ring (bicyclic) bond motifs is 7. The number of carboxylic acids is 1. The largest absolute Gasteiger partial charge is 0.485 e. The Labute approximate surface area is 476 Å². The van der Waals surface area contributed by atoms with Crippen molar-refractivity contribution < 1.29 is 68.7 Å². The number of carboxylic acid groups (broad SMARTS) is 1. The monoisotopic (exact) mass is 1150 g/mol. The number of carbonyl (C=O) groups excluding carboxylic acids is 1. The van der Waals surface area contributed by atoms with E-state index in [2.05, 4.69) is 91.1 Å². The van der Waals surface area contributed by atoms with Crippen molar-refractivity contribution in [3.8, 4) is 5.75 Å². The molecule has 16 nitrogen and oxygen atoms in total. The standard InChI is InChI=1S/C36H46N2O9S2.C26H42NO4/c1-23-10-11-29-28(17-23)36(4,13-7-5-6-9-33(39)40)34-27-19-24-18-26-25(22-49(44,45)46)21-35(2,3)38(14-8-16-48(41,42)43)30(26)20-32(24)47-31(27)12-15-37(29)34;1-7-29-24(28)13-11-10-12-17-26(6)21(5)27(18-16-25(30-8-2)31-9-3)23-15-14-20(4)19-22(23)26/h10-11,17-20,25,31H,5-9,12-16,21-22H2,1-4H3,(H2-,39,40,41,42,43,44,45,46);14-15,19,25H,7-13,16-18H2,1-6H3/q;+1/p+1. The van der Waals surface area contributed by atoms with E-state index < -0.39 is 49.2 Å². The minimum atomic E-state index is -4.31. The smallest absolute Gasteiger partial charge is 0.305 e. The highest BCUT2D eigenvalue weighted by Crippen LogP contribution is 2.52. The zero-order valence-electron chi connectivity index (χ0n) is 49.1. The van der Waals surface area contributed by atoms with Crippen molar-refractivity contribution >= 4 is 66.7 Å². The second-order valence-electron chi connectivity index (χ2n) is 23.6. The van der Waals surface area contributed by atoms with E-state index in [0.717, 1.165) is 93.3 Å². The molecule has 5 heterocycles. The van der Waals surface area contributed by atoms with Gasteiger partial charge in [0.05, 0.1) is 40.9 Å². The van der Waals surface area contributed by atoms with E-state index in [9.17, 15) is 35.5 Å². The van der Waals surface area contributed by atoms with Crippen molar-refractivity contribution in [1.82, 2.24) is 0 Å². The van der Waals surface area contributed by atoms with Gasteiger partial charge >= 0.3 is 11.9 Å². The molecule has 0 saturated carbocycles. The van der Waals surface area contributed by atoms with Crippen molar-refractivity contribution in [3.63, 3.8) is 0 Å². The van der Waals surface area contributed by atoms with E-state index in [1.807, 2.05) is 46.8 Å². The maximum Gasteiger partial charge on any atom is 0.305 e. The summed E-state index contributed by atoms with van der Waals surface area (Å²) >= 11 is 0. The van der Waals surface area contributed by atoms with E-state index in [1.165, 1.54) is 45.1 Å². The topological polar surface area (TPSA) is 209 Å². The summed E-state index contributed by atoms with van der Waals surface area (Å²) < 4.78 is 95.1. The fourth-order valence-electron chi connectivity index (χ4n) is 13.3. The van der Waals surface area contributed by atoms with Crippen LogP contribution in [-0.4, -0.2) is 132 Å². The Morgan fingerprint density at radius 3 is 2.01 bits per heavy atom. The van der Waals surface area contributed by atoms with Crippen molar-refractivity contribution in [2.24, 2.45) is 0 Å². The van der Waals surface area contributed by atoms with Gasteiger partial charge in [-0.1, -0.05) is 48.9 Å². The van der Waals surface area contributed by atoms with Gasteiger partial charge < -0.3 is 29.0 Å². The normalized spacial score (nSPS) is 21.6. The molecule has 4 atom stereocenters. The average Bonchev–Trinajstić information content (AvgIpc) is 3.81. The molecule has 5 aliphatic rings. The van der Waals surface area contributed by atoms with Gasteiger partial charge in [0.25, 0.3) is 20.2 Å². The third kappa shape index (κ3) is 14.6. The molecule has 18 heteroatoms. The first-order valence-electron chi connectivity index (χ1n) is 29.1. The summed E-state index contributed by atoms with van der Waals surface area (Å²) in [4.78, 5) is 24.8. The van der Waals surface area contributed by atoms with Crippen LogP contribution < -0.4 is 9.64 Å².